The fraction of sp³-hybridized carbons (Fsp3) is 0.300. The van der Waals surface area contributed by atoms with Crippen molar-refractivity contribution < 1.29 is 9.31 Å². The van der Waals surface area contributed by atoms with Crippen molar-refractivity contribution in [2.75, 3.05) is 0 Å². The molecular weight excluding hydrogens is 332 g/mol. The number of benzene rings is 2. The zero-order valence-corrected chi connectivity index (χ0v) is 15.6. The third-order valence-electron chi connectivity index (χ3n) is 5.35. The molecule has 1 N–H and O–H groups in total. The van der Waals surface area contributed by atoms with E-state index in [9.17, 15) is 0 Å². The Balaban J connectivity index is 1.78. The second kappa shape index (κ2) is 5.63. The highest BCUT2D eigenvalue weighted by Gasteiger charge is 2.52. The summed E-state index contributed by atoms with van der Waals surface area (Å²) in [6.45, 7) is 8.28. The van der Waals surface area contributed by atoms with Gasteiger partial charge in [-0.3, -0.25) is 0 Å². The molecule has 0 saturated carbocycles. The minimum Gasteiger partial charge on any atom is -0.399 e. The van der Waals surface area contributed by atoms with Crippen LogP contribution < -0.4 is 5.46 Å². The van der Waals surface area contributed by atoms with Crippen LogP contribution in [0.15, 0.2) is 48.5 Å². The number of hydrogen-bond donors (Lipinski definition) is 1. The van der Waals surface area contributed by atoms with Crippen molar-refractivity contribution in [1.29, 1.82) is 0 Å². The van der Waals surface area contributed by atoms with Gasteiger partial charge in [0.2, 0.25) is 0 Å². The molecule has 1 aliphatic heterocycles. The summed E-state index contributed by atoms with van der Waals surface area (Å²) < 4.78 is 12.5. The van der Waals surface area contributed by atoms with Crippen molar-refractivity contribution in [2.45, 2.75) is 38.9 Å². The van der Waals surface area contributed by atoms with E-state index in [2.05, 4.69) is 50.9 Å². The zero-order chi connectivity index (χ0) is 17.8. The van der Waals surface area contributed by atoms with Crippen LogP contribution in [0, 0.1) is 0 Å². The number of aromatic nitrogens is 1. The molecule has 5 heteroatoms. The highest BCUT2D eigenvalue weighted by Crippen LogP contribution is 2.37. The first-order valence-corrected chi connectivity index (χ1v) is 8.88. The summed E-state index contributed by atoms with van der Waals surface area (Å²) in [7, 11) is -0.384. The molecule has 1 saturated heterocycles. The number of aromatic amines is 1. The number of H-pyrrole nitrogens is 1. The molecule has 128 valence electrons. The lowest BCUT2D eigenvalue weighted by Crippen LogP contribution is -2.41. The quantitative estimate of drug-likeness (QED) is 0.672. The fourth-order valence-electron chi connectivity index (χ4n) is 3.13. The second-order valence-electron chi connectivity index (χ2n) is 7.59. The van der Waals surface area contributed by atoms with Gasteiger partial charge in [-0.25, -0.2) is 0 Å². The smallest absolute Gasteiger partial charge is 0.399 e. The van der Waals surface area contributed by atoms with E-state index >= 15 is 0 Å². The predicted molar refractivity (Wildman–Crippen MR) is 104 cm³/mol. The molecule has 1 fully saturated rings. The number of para-hydroxylation sites is 1. The van der Waals surface area contributed by atoms with E-state index in [1.807, 2.05) is 30.3 Å². The number of nitrogens with one attached hydrogen (secondary N) is 1. The van der Waals surface area contributed by atoms with Gasteiger partial charge in [0.25, 0.3) is 0 Å². The summed E-state index contributed by atoms with van der Waals surface area (Å²) in [5, 5.41) is 1.87. The van der Waals surface area contributed by atoms with E-state index in [0.29, 0.717) is 0 Å². The molecule has 2 heterocycles. The van der Waals surface area contributed by atoms with E-state index in [-0.39, 0.29) is 18.3 Å². The van der Waals surface area contributed by atoms with Crippen LogP contribution >= 0.6 is 11.6 Å². The molecule has 3 nitrogen and oxygen atoms in total. The normalized spacial score (nSPS) is 18.8. The molecule has 0 spiro atoms. The van der Waals surface area contributed by atoms with E-state index in [0.717, 1.165) is 32.6 Å². The van der Waals surface area contributed by atoms with Crippen LogP contribution in [0.2, 0.25) is 5.02 Å². The Bertz CT molecular complexity index is 915. The molecule has 1 aromatic heterocycles. The van der Waals surface area contributed by atoms with Crippen molar-refractivity contribution in [2.24, 2.45) is 0 Å². The Morgan fingerprint density at radius 2 is 1.56 bits per heavy atom. The number of hydrogen-bond acceptors (Lipinski definition) is 2. The standard InChI is InChI=1S/C20H21BClNO2/c1-19(2)20(3,4)25-21(24-19)16-7-5-6-14-12-17(23-18(14)16)13-8-10-15(22)11-9-13/h5-12,23H,1-4H3. The number of halogens is 1. The third kappa shape index (κ3) is 2.79. The van der Waals surface area contributed by atoms with Crippen molar-refractivity contribution in [1.82, 2.24) is 4.98 Å². The summed E-state index contributed by atoms with van der Waals surface area (Å²) >= 11 is 6.00. The van der Waals surface area contributed by atoms with Gasteiger partial charge in [-0.05, 0) is 56.8 Å². The monoisotopic (exact) mass is 353 g/mol. The maximum Gasteiger partial charge on any atom is 0.497 e. The van der Waals surface area contributed by atoms with Crippen LogP contribution in [0.3, 0.4) is 0 Å². The molecule has 1 aliphatic rings. The first kappa shape index (κ1) is 16.7. The molecule has 0 radical (unpaired) electrons. The highest BCUT2D eigenvalue weighted by molar-refractivity contribution is 6.65. The first-order chi connectivity index (χ1) is 11.8. The Morgan fingerprint density at radius 3 is 2.20 bits per heavy atom. The van der Waals surface area contributed by atoms with Gasteiger partial charge in [-0.1, -0.05) is 41.9 Å². The summed E-state index contributed by atoms with van der Waals surface area (Å²) in [6, 6.07) is 16.2. The molecule has 0 atom stereocenters. The minimum atomic E-state index is -0.384. The Kier molecular flexibility index (Phi) is 3.76. The van der Waals surface area contributed by atoms with Crippen molar-refractivity contribution >= 4 is 35.1 Å². The SMILES string of the molecule is CC1(C)OB(c2cccc3cc(-c4ccc(Cl)cc4)[nH]c23)OC1(C)C. The summed E-state index contributed by atoms with van der Waals surface area (Å²) in [4.78, 5) is 3.53. The summed E-state index contributed by atoms with van der Waals surface area (Å²) in [6.07, 6.45) is 0. The van der Waals surface area contributed by atoms with Crippen LogP contribution in [0.5, 0.6) is 0 Å². The van der Waals surface area contributed by atoms with Crippen LogP contribution in [0.25, 0.3) is 22.2 Å². The molecular formula is C20H21BClNO2. The molecule has 2 aromatic carbocycles. The third-order valence-corrected chi connectivity index (χ3v) is 5.60. The molecule has 25 heavy (non-hydrogen) atoms. The number of fused-ring (bicyclic) bond motifs is 1. The number of rotatable bonds is 2. The van der Waals surface area contributed by atoms with Crippen molar-refractivity contribution in [3.8, 4) is 11.3 Å². The predicted octanol–water partition coefficient (Wildman–Crippen LogP) is 4.79. The fourth-order valence-corrected chi connectivity index (χ4v) is 3.26. The molecule has 0 bridgehead atoms. The van der Waals surface area contributed by atoms with Gasteiger partial charge in [-0.2, -0.15) is 0 Å². The maximum absolute atomic E-state index is 6.23. The van der Waals surface area contributed by atoms with Gasteiger partial charge in [0, 0.05) is 21.7 Å². The lowest BCUT2D eigenvalue weighted by atomic mass is 9.78. The van der Waals surface area contributed by atoms with Crippen molar-refractivity contribution in [3.05, 3.63) is 53.6 Å². The van der Waals surface area contributed by atoms with E-state index in [1.165, 1.54) is 0 Å². The maximum atomic E-state index is 6.23. The molecule has 0 unspecified atom stereocenters. The highest BCUT2D eigenvalue weighted by atomic mass is 35.5. The second-order valence-corrected chi connectivity index (χ2v) is 8.03. The van der Waals surface area contributed by atoms with Crippen molar-refractivity contribution in [3.63, 3.8) is 0 Å². The minimum absolute atomic E-state index is 0.356. The van der Waals surface area contributed by atoms with Gasteiger partial charge < -0.3 is 14.3 Å². The van der Waals surface area contributed by atoms with Gasteiger partial charge in [0.05, 0.1) is 11.2 Å². The lowest BCUT2D eigenvalue weighted by Gasteiger charge is -2.32. The average molecular weight is 354 g/mol. The van der Waals surface area contributed by atoms with E-state index in [4.69, 9.17) is 20.9 Å². The molecule has 4 rings (SSSR count). The molecule has 3 aromatic rings. The van der Waals surface area contributed by atoms with E-state index in [1.54, 1.807) is 0 Å². The van der Waals surface area contributed by atoms with Crippen LogP contribution in [-0.2, 0) is 9.31 Å². The Labute approximate surface area is 153 Å². The van der Waals surface area contributed by atoms with Gasteiger partial charge in [0.15, 0.2) is 0 Å². The topological polar surface area (TPSA) is 34.2 Å². The van der Waals surface area contributed by atoms with E-state index < -0.39 is 0 Å². The largest absolute Gasteiger partial charge is 0.497 e. The Morgan fingerprint density at radius 1 is 0.920 bits per heavy atom. The van der Waals surface area contributed by atoms with Crippen LogP contribution in [0.4, 0.5) is 0 Å². The molecule has 0 amide bonds. The average Bonchev–Trinajstić information content (AvgIpc) is 3.06. The van der Waals surface area contributed by atoms with Gasteiger partial charge in [0.1, 0.15) is 0 Å². The van der Waals surface area contributed by atoms with Crippen LogP contribution in [0.1, 0.15) is 27.7 Å². The summed E-state index contributed by atoms with van der Waals surface area (Å²) in [5.74, 6) is 0. The van der Waals surface area contributed by atoms with Gasteiger partial charge in [-0.15, -0.1) is 0 Å². The summed E-state index contributed by atoms with van der Waals surface area (Å²) in [5.41, 5.74) is 3.51. The zero-order valence-electron chi connectivity index (χ0n) is 14.9. The van der Waals surface area contributed by atoms with Crippen LogP contribution in [-0.4, -0.2) is 23.3 Å². The Hall–Kier alpha value is -1.75. The lowest BCUT2D eigenvalue weighted by molar-refractivity contribution is 0.00578. The van der Waals surface area contributed by atoms with Gasteiger partial charge >= 0.3 is 7.12 Å². The first-order valence-electron chi connectivity index (χ1n) is 8.50. The molecule has 0 aliphatic carbocycles.